The lowest BCUT2D eigenvalue weighted by Gasteiger charge is -2.41. The molecule has 1 fully saturated rings. The van der Waals surface area contributed by atoms with Gasteiger partial charge in [-0.2, -0.15) is 0 Å². The molecule has 0 aliphatic carbocycles. The predicted molar refractivity (Wildman–Crippen MR) is 123 cm³/mol. The Kier molecular flexibility index (Phi) is 6.77. The van der Waals surface area contributed by atoms with Crippen LogP contribution in [0, 0.1) is 0 Å². The summed E-state index contributed by atoms with van der Waals surface area (Å²) in [5, 5.41) is 2.66. The van der Waals surface area contributed by atoms with E-state index < -0.39 is 17.5 Å². The molecule has 1 unspecified atom stereocenters. The van der Waals surface area contributed by atoms with E-state index in [1.54, 1.807) is 29.2 Å². The molecule has 168 valence electrons. The van der Waals surface area contributed by atoms with Crippen LogP contribution < -0.4 is 10.2 Å². The minimum atomic E-state index is -0.858. The number of amides is 4. The molecule has 2 aromatic rings. The third kappa shape index (κ3) is 4.88. The number of carbonyl (C=O) groups excluding carboxylic acids is 4. The minimum Gasteiger partial charge on any atom is -0.326 e. The molecule has 0 aromatic heterocycles. The number of imide groups is 1. The molecular formula is C25H29N3O4. The number of anilines is 2. The fourth-order valence-electron chi connectivity index (χ4n) is 3.95. The van der Waals surface area contributed by atoms with Crippen molar-refractivity contribution in [1.29, 1.82) is 0 Å². The molecule has 1 saturated heterocycles. The molecular weight excluding hydrogens is 406 g/mol. The number of hydrogen-bond acceptors (Lipinski definition) is 4. The van der Waals surface area contributed by atoms with E-state index >= 15 is 0 Å². The predicted octanol–water partition coefficient (Wildman–Crippen LogP) is 3.54. The van der Waals surface area contributed by atoms with Crippen LogP contribution in [0.1, 0.15) is 46.1 Å². The van der Waals surface area contributed by atoms with Crippen molar-refractivity contribution in [3.63, 3.8) is 0 Å². The van der Waals surface area contributed by atoms with Crippen molar-refractivity contribution in [1.82, 2.24) is 4.90 Å². The number of nitrogens with zero attached hydrogens (tertiary/aromatic N) is 2. The van der Waals surface area contributed by atoms with Crippen LogP contribution in [-0.4, -0.2) is 40.1 Å². The second-order valence-electron chi connectivity index (χ2n) is 8.61. The van der Waals surface area contributed by atoms with E-state index in [0.29, 0.717) is 17.8 Å². The summed E-state index contributed by atoms with van der Waals surface area (Å²) in [6, 6.07) is 15.0. The van der Waals surface area contributed by atoms with Crippen molar-refractivity contribution in [2.45, 2.75) is 58.5 Å². The van der Waals surface area contributed by atoms with Crippen LogP contribution >= 0.6 is 0 Å². The van der Waals surface area contributed by atoms with E-state index in [1.807, 2.05) is 51.1 Å². The molecule has 0 radical (unpaired) electrons. The molecule has 32 heavy (non-hydrogen) atoms. The van der Waals surface area contributed by atoms with Gasteiger partial charge in [0.05, 0.1) is 18.5 Å². The Morgan fingerprint density at radius 1 is 1.06 bits per heavy atom. The molecule has 7 nitrogen and oxygen atoms in total. The van der Waals surface area contributed by atoms with Crippen LogP contribution in [0.4, 0.5) is 11.4 Å². The Morgan fingerprint density at radius 2 is 1.69 bits per heavy atom. The Morgan fingerprint density at radius 3 is 2.25 bits per heavy atom. The highest BCUT2D eigenvalue weighted by atomic mass is 16.2. The first-order chi connectivity index (χ1) is 15.1. The highest BCUT2D eigenvalue weighted by molar-refractivity contribution is 6.23. The van der Waals surface area contributed by atoms with Gasteiger partial charge in [-0.15, -0.1) is 0 Å². The van der Waals surface area contributed by atoms with Crippen molar-refractivity contribution in [3.8, 4) is 0 Å². The van der Waals surface area contributed by atoms with Gasteiger partial charge in [0, 0.05) is 18.2 Å². The average molecular weight is 436 g/mol. The molecule has 0 bridgehead atoms. The maximum Gasteiger partial charge on any atom is 0.257 e. The lowest BCUT2D eigenvalue weighted by atomic mass is 9.94. The summed E-state index contributed by atoms with van der Waals surface area (Å²) in [6.07, 6.45) is 0.737. The van der Waals surface area contributed by atoms with Crippen LogP contribution in [-0.2, 0) is 25.6 Å². The molecule has 1 aliphatic rings. The van der Waals surface area contributed by atoms with Gasteiger partial charge in [-0.3, -0.25) is 19.2 Å². The van der Waals surface area contributed by atoms with Crippen molar-refractivity contribution in [3.05, 3.63) is 60.2 Å². The molecule has 1 aliphatic heterocycles. The summed E-state index contributed by atoms with van der Waals surface area (Å²) >= 11 is 0. The first kappa shape index (κ1) is 23.2. The first-order valence-corrected chi connectivity index (χ1v) is 10.7. The van der Waals surface area contributed by atoms with Gasteiger partial charge in [0.1, 0.15) is 6.04 Å². The van der Waals surface area contributed by atoms with E-state index in [1.165, 1.54) is 6.92 Å². The standard InChI is InChI=1S/C25H29N3O4/c1-5-25(3,4)28(23(31)15-18-9-7-6-8-10-18)21-16-22(30)27(24(21)32)20-13-11-19(12-14-20)26-17(2)29/h6-14,21H,5,15-16H2,1-4H3,(H,26,29). The lowest BCUT2D eigenvalue weighted by molar-refractivity contribution is -0.144. The SMILES string of the molecule is CCC(C)(C)N(C(=O)Cc1ccccc1)C1CC(=O)N(c2ccc(NC(C)=O)cc2)C1=O. The van der Waals surface area contributed by atoms with E-state index in [-0.39, 0.29) is 30.6 Å². The van der Waals surface area contributed by atoms with Gasteiger partial charge in [0.2, 0.25) is 17.7 Å². The molecule has 0 saturated carbocycles. The molecule has 2 aromatic carbocycles. The zero-order valence-corrected chi connectivity index (χ0v) is 18.9. The van der Waals surface area contributed by atoms with Gasteiger partial charge in [-0.1, -0.05) is 37.3 Å². The summed E-state index contributed by atoms with van der Waals surface area (Å²) in [4.78, 5) is 53.5. The van der Waals surface area contributed by atoms with Crippen molar-refractivity contribution >= 4 is 35.0 Å². The van der Waals surface area contributed by atoms with Crippen molar-refractivity contribution in [2.24, 2.45) is 0 Å². The monoisotopic (exact) mass is 435 g/mol. The number of nitrogens with one attached hydrogen (secondary N) is 1. The van der Waals surface area contributed by atoms with E-state index in [0.717, 1.165) is 10.5 Å². The molecule has 3 rings (SSSR count). The highest BCUT2D eigenvalue weighted by Gasteiger charge is 2.48. The minimum absolute atomic E-state index is 0.0593. The average Bonchev–Trinajstić information content (AvgIpc) is 3.02. The summed E-state index contributed by atoms with van der Waals surface area (Å²) in [7, 11) is 0. The van der Waals surface area contributed by atoms with Gasteiger partial charge >= 0.3 is 0 Å². The summed E-state index contributed by atoms with van der Waals surface area (Å²) in [6.45, 7) is 7.20. The molecule has 1 atom stereocenters. The summed E-state index contributed by atoms with van der Waals surface area (Å²) in [5.74, 6) is -1.15. The van der Waals surface area contributed by atoms with Gasteiger partial charge in [0.15, 0.2) is 0 Å². The normalized spacial score (nSPS) is 16.2. The summed E-state index contributed by atoms with van der Waals surface area (Å²) in [5.41, 5.74) is 1.25. The second kappa shape index (κ2) is 9.34. The highest BCUT2D eigenvalue weighted by Crippen LogP contribution is 2.32. The summed E-state index contributed by atoms with van der Waals surface area (Å²) < 4.78 is 0. The molecule has 1 heterocycles. The number of rotatable bonds is 7. The molecule has 4 amide bonds. The lowest BCUT2D eigenvalue weighted by Crippen LogP contribution is -2.56. The van der Waals surface area contributed by atoms with Crippen molar-refractivity contribution < 1.29 is 19.2 Å². The van der Waals surface area contributed by atoms with Crippen LogP contribution in [0.15, 0.2) is 54.6 Å². The van der Waals surface area contributed by atoms with Crippen LogP contribution in [0.5, 0.6) is 0 Å². The Bertz CT molecular complexity index is 1020. The largest absolute Gasteiger partial charge is 0.326 e. The van der Waals surface area contributed by atoms with Gasteiger partial charge in [-0.25, -0.2) is 4.90 Å². The second-order valence-corrected chi connectivity index (χ2v) is 8.61. The fraction of sp³-hybridized carbons (Fsp3) is 0.360. The third-order valence-electron chi connectivity index (χ3n) is 5.86. The Balaban J connectivity index is 1.88. The van der Waals surface area contributed by atoms with Crippen LogP contribution in [0.25, 0.3) is 0 Å². The number of carbonyl (C=O) groups is 4. The Hall–Kier alpha value is -3.48. The van der Waals surface area contributed by atoms with E-state index in [2.05, 4.69) is 5.32 Å². The maximum atomic E-state index is 13.4. The van der Waals surface area contributed by atoms with E-state index in [4.69, 9.17) is 0 Å². The maximum absolute atomic E-state index is 13.4. The smallest absolute Gasteiger partial charge is 0.257 e. The first-order valence-electron chi connectivity index (χ1n) is 10.7. The Labute approximate surface area is 188 Å². The number of benzene rings is 2. The topological polar surface area (TPSA) is 86.8 Å². The van der Waals surface area contributed by atoms with Gasteiger partial charge < -0.3 is 10.2 Å². The fourth-order valence-corrected chi connectivity index (χ4v) is 3.95. The van der Waals surface area contributed by atoms with Crippen LogP contribution in [0.3, 0.4) is 0 Å². The van der Waals surface area contributed by atoms with Gasteiger partial charge in [-0.05, 0) is 50.1 Å². The van der Waals surface area contributed by atoms with Crippen molar-refractivity contribution in [2.75, 3.05) is 10.2 Å². The quantitative estimate of drug-likeness (QED) is 0.674. The molecule has 0 spiro atoms. The van der Waals surface area contributed by atoms with E-state index in [9.17, 15) is 19.2 Å². The van der Waals surface area contributed by atoms with Crippen LogP contribution in [0.2, 0.25) is 0 Å². The number of hydrogen-bond donors (Lipinski definition) is 1. The van der Waals surface area contributed by atoms with Gasteiger partial charge in [0.25, 0.3) is 5.91 Å². The molecule has 1 N–H and O–H groups in total. The molecule has 7 heteroatoms. The third-order valence-corrected chi connectivity index (χ3v) is 5.86. The zero-order valence-electron chi connectivity index (χ0n) is 18.9. The zero-order chi connectivity index (χ0) is 23.5.